The fourth-order valence-corrected chi connectivity index (χ4v) is 1.92. The second-order valence-corrected chi connectivity index (χ2v) is 4.45. The number of ether oxygens (including phenoxy) is 1. The first-order valence-electron chi connectivity index (χ1n) is 6.32. The number of hydrazine groups is 1. The molecule has 0 bridgehead atoms. The number of benzene rings is 2. The summed E-state index contributed by atoms with van der Waals surface area (Å²) >= 11 is 0. The first-order valence-corrected chi connectivity index (χ1v) is 6.32. The Hall–Kier alpha value is -2.89. The molecule has 108 valence electrons. The molecule has 2 rings (SSSR count). The van der Waals surface area contributed by atoms with Crippen molar-refractivity contribution in [1.29, 1.82) is 5.53 Å². The van der Waals surface area contributed by atoms with Gasteiger partial charge in [-0.2, -0.15) is 5.53 Å². The van der Waals surface area contributed by atoms with Gasteiger partial charge in [-0.25, -0.2) is 10.2 Å². The molecule has 0 aliphatic heterocycles. The fraction of sp³-hybridized carbons (Fsp3) is 0.133. The molecule has 0 unspecified atom stereocenters. The maximum absolute atomic E-state index is 10.8. The summed E-state index contributed by atoms with van der Waals surface area (Å²) in [4.78, 5) is 10.8. The topological polar surface area (TPSA) is 86.6 Å². The van der Waals surface area contributed by atoms with Gasteiger partial charge in [0.2, 0.25) is 0 Å². The van der Waals surface area contributed by atoms with Crippen LogP contribution in [-0.2, 0) is 0 Å². The van der Waals surface area contributed by atoms with E-state index in [1.54, 1.807) is 7.11 Å². The van der Waals surface area contributed by atoms with Gasteiger partial charge in [0, 0.05) is 5.56 Å². The van der Waals surface area contributed by atoms with Crippen molar-refractivity contribution in [1.82, 2.24) is 5.43 Å². The highest BCUT2D eigenvalue weighted by Crippen LogP contribution is 2.31. The van der Waals surface area contributed by atoms with Crippen LogP contribution in [0.5, 0.6) is 5.75 Å². The van der Waals surface area contributed by atoms with Gasteiger partial charge < -0.3 is 4.74 Å². The maximum atomic E-state index is 10.8. The number of anilines is 1. The number of rotatable bonds is 4. The molecule has 0 atom stereocenters. The molecule has 0 heterocycles. The quantitative estimate of drug-likeness (QED) is 0.590. The van der Waals surface area contributed by atoms with E-state index in [-0.39, 0.29) is 0 Å². The van der Waals surface area contributed by atoms with E-state index in [2.05, 4.69) is 16.0 Å². The molecule has 6 heteroatoms. The van der Waals surface area contributed by atoms with Crippen molar-refractivity contribution in [2.24, 2.45) is 5.11 Å². The minimum absolute atomic E-state index is 0.696. The van der Waals surface area contributed by atoms with Gasteiger partial charge in [0.15, 0.2) is 0 Å². The summed E-state index contributed by atoms with van der Waals surface area (Å²) < 4.78 is 5.40. The predicted molar refractivity (Wildman–Crippen MR) is 80.5 cm³/mol. The van der Waals surface area contributed by atoms with Crippen molar-refractivity contribution in [2.45, 2.75) is 6.92 Å². The predicted octanol–water partition coefficient (Wildman–Crippen LogP) is 3.74. The number of amides is 2. The zero-order valence-electron chi connectivity index (χ0n) is 11.8. The number of carbonyl (C=O) groups is 1. The third-order valence-electron chi connectivity index (χ3n) is 2.97. The van der Waals surface area contributed by atoms with Crippen molar-refractivity contribution in [3.05, 3.63) is 48.0 Å². The summed E-state index contributed by atoms with van der Waals surface area (Å²) in [5, 5.41) is 2.72. The second kappa shape index (κ2) is 6.51. The highest BCUT2D eigenvalue weighted by atomic mass is 16.5. The van der Waals surface area contributed by atoms with E-state index in [4.69, 9.17) is 10.3 Å². The molecular weight excluding hydrogens is 268 g/mol. The Labute approximate surface area is 122 Å². The van der Waals surface area contributed by atoms with Crippen molar-refractivity contribution in [2.75, 3.05) is 12.5 Å². The zero-order valence-corrected chi connectivity index (χ0v) is 11.8. The van der Waals surface area contributed by atoms with E-state index in [9.17, 15) is 4.79 Å². The molecule has 21 heavy (non-hydrogen) atoms. The average Bonchev–Trinajstić information content (AvgIpc) is 2.53. The summed E-state index contributed by atoms with van der Waals surface area (Å²) in [6.07, 6.45) is 0. The van der Waals surface area contributed by atoms with Crippen molar-refractivity contribution >= 4 is 11.7 Å². The Morgan fingerprint density at radius 1 is 1.19 bits per heavy atom. The van der Waals surface area contributed by atoms with Gasteiger partial charge in [0.05, 0.1) is 12.8 Å². The third kappa shape index (κ3) is 3.56. The molecule has 0 aliphatic rings. The van der Waals surface area contributed by atoms with Crippen LogP contribution in [-0.4, -0.2) is 13.1 Å². The highest BCUT2D eigenvalue weighted by Gasteiger charge is 2.06. The van der Waals surface area contributed by atoms with Crippen molar-refractivity contribution in [3.8, 4) is 16.9 Å². The Kier molecular flexibility index (Phi) is 4.50. The second-order valence-electron chi connectivity index (χ2n) is 4.45. The van der Waals surface area contributed by atoms with Gasteiger partial charge >= 0.3 is 6.03 Å². The number of urea groups is 1. The molecule has 2 aromatic carbocycles. The molecule has 0 radical (unpaired) electrons. The lowest BCUT2D eigenvalue weighted by molar-refractivity contribution is 0.249. The Balaban J connectivity index is 2.19. The van der Waals surface area contributed by atoms with Gasteiger partial charge in [-0.3, -0.25) is 5.43 Å². The molecule has 0 saturated heterocycles. The summed E-state index contributed by atoms with van der Waals surface area (Å²) in [6, 6.07) is 12.7. The van der Waals surface area contributed by atoms with Gasteiger partial charge in [-0.1, -0.05) is 29.4 Å². The molecule has 0 spiro atoms. The highest BCUT2D eigenvalue weighted by molar-refractivity contribution is 5.76. The number of hydrogen-bond donors (Lipinski definition) is 3. The van der Waals surface area contributed by atoms with E-state index in [0.717, 1.165) is 22.4 Å². The van der Waals surface area contributed by atoms with Gasteiger partial charge in [0.25, 0.3) is 0 Å². The van der Waals surface area contributed by atoms with Gasteiger partial charge in [-0.15, -0.1) is 0 Å². The summed E-state index contributed by atoms with van der Waals surface area (Å²) in [5.74, 6) is 0.817. The monoisotopic (exact) mass is 284 g/mol. The van der Waals surface area contributed by atoms with Gasteiger partial charge in [0.1, 0.15) is 5.75 Å². The van der Waals surface area contributed by atoms with Crippen LogP contribution in [0.4, 0.5) is 10.5 Å². The first-order chi connectivity index (χ1) is 10.1. The van der Waals surface area contributed by atoms with E-state index >= 15 is 0 Å². The van der Waals surface area contributed by atoms with Crippen molar-refractivity contribution in [3.63, 3.8) is 0 Å². The van der Waals surface area contributed by atoms with E-state index in [1.165, 1.54) is 0 Å². The summed E-state index contributed by atoms with van der Waals surface area (Å²) in [7, 11) is 1.65. The minimum atomic E-state index is -0.751. The Bertz CT molecular complexity index is 653. The average molecular weight is 284 g/mol. The van der Waals surface area contributed by atoms with Gasteiger partial charge in [-0.05, 0) is 36.2 Å². The lowest BCUT2D eigenvalue weighted by Crippen LogP contribution is -2.25. The van der Waals surface area contributed by atoms with Crippen LogP contribution in [0, 0.1) is 12.5 Å². The standard InChI is InChI=1S/C15H16N4O2/c1-10-3-8-13(14(9-10)21-2)11-4-6-12(7-5-11)18-19-15(20)17-16/h3-9,16,18H,1-2H3,(H,19,20). The smallest absolute Gasteiger partial charge is 0.377 e. The number of carbonyl (C=O) groups excluding carboxylic acids is 1. The number of aryl methyl sites for hydroxylation is 1. The van der Waals surface area contributed by atoms with Crippen LogP contribution in [0.2, 0.25) is 0 Å². The van der Waals surface area contributed by atoms with E-state index in [1.807, 2.05) is 49.4 Å². The number of hydrogen-bond acceptors (Lipinski definition) is 4. The molecule has 0 fully saturated rings. The number of nitrogens with one attached hydrogen (secondary N) is 3. The molecule has 0 aromatic heterocycles. The van der Waals surface area contributed by atoms with Crippen LogP contribution >= 0.6 is 0 Å². The first kappa shape index (κ1) is 14.5. The largest absolute Gasteiger partial charge is 0.496 e. The minimum Gasteiger partial charge on any atom is -0.496 e. The summed E-state index contributed by atoms with van der Waals surface area (Å²) in [6.45, 7) is 2.01. The van der Waals surface area contributed by atoms with Crippen LogP contribution in [0.25, 0.3) is 11.1 Å². The van der Waals surface area contributed by atoms with E-state index in [0.29, 0.717) is 5.69 Å². The van der Waals surface area contributed by atoms with Crippen molar-refractivity contribution < 1.29 is 9.53 Å². The maximum Gasteiger partial charge on any atom is 0.377 e. The lowest BCUT2D eigenvalue weighted by Gasteiger charge is -2.11. The van der Waals surface area contributed by atoms with Crippen LogP contribution in [0.1, 0.15) is 5.56 Å². The SMILES string of the molecule is COc1cc(C)ccc1-c1ccc(NNC(=O)N=N)cc1. The Morgan fingerprint density at radius 2 is 1.90 bits per heavy atom. The molecule has 0 aliphatic carbocycles. The fourth-order valence-electron chi connectivity index (χ4n) is 1.92. The summed E-state index contributed by atoms with van der Waals surface area (Å²) in [5.41, 5.74) is 15.3. The Morgan fingerprint density at radius 3 is 2.52 bits per heavy atom. The molecule has 0 saturated carbocycles. The lowest BCUT2D eigenvalue weighted by atomic mass is 10.0. The van der Waals surface area contributed by atoms with Crippen LogP contribution in [0.3, 0.4) is 0 Å². The molecule has 2 amide bonds. The number of methoxy groups -OCH3 is 1. The van der Waals surface area contributed by atoms with Crippen LogP contribution < -0.4 is 15.6 Å². The molecule has 3 N–H and O–H groups in total. The molecular formula is C15H16N4O2. The molecule has 2 aromatic rings. The zero-order chi connectivity index (χ0) is 15.2. The molecule has 6 nitrogen and oxygen atoms in total. The van der Waals surface area contributed by atoms with E-state index < -0.39 is 6.03 Å². The third-order valence-corrected chi connectivity index (χ3v) is 2.97. The normalized spacial score (nSPS) is 9.81. The number of nitrogens with zero attached hydrogens (tertiary/aromatic N) is 1. The van der Waals surface area contributed by atoms with Crippen LogP contribution in [0.15, 0.2) is 47.6 Å².